The highest BCUT2D eigenvalue weighted by Gasteiger charge is 2.29. The molecule has 5 heteroatoms. The lowest BCUT2D eigenvalue weighted by Gasteiger charge is -2.25. The van der Waals surface area contributed by atoms with Gasteiger partial charge in [0.15, 0.2) is 0 Å². The number of carbonyl (C=O) groups excluding carboxylic acids is 2. The van der Waals surface area contributed by atoms with Crippen molar-refractivity contribution in [2.45, 2.75) is 46.1 Å². The molecule has 1 aliphatic rings. The molecule has 2 unspecified atom stereocenters. The Bertz CT molecular complexity index is 607. The lowest BCUT2D eigenvalue weighted by Crippen LogP contribution is -2.35. The van der Waals surface area contributed by atoms with Crippen LogP contribution in [0.1, 0.15) is 50.4 Å². The van der Waals surface area contributed by atoms with Gasteiger partial charge in [-0.05, 0) is 25.0 Å². The lowest BCUT2D eigenvalue weighted by atomic mass is 9.95. The van der Waals surface area contributed by atoms with E-state index >= 15 is 0 Å². The van der Waals surface area contributed by atoms with Gasteiger partial charge in [0.1, 0.15) is 0 Å². The van der Waals surface area contributed by atoms with Gasteiger partial charge in [-0.15, -0.1) is 0 Å². The van der Waals surface area contributed by atoms with Crippen molar-refractivity contribution in [1.82, 2.24) is 4.90 Å². The van der Waals surface area contributed by atoms with E-state index in [4.69, 9.17) is 0 Å². The zero-order chi connectivity index (χ0) is 17.9. The second-order valence-corrected chi connectivity index (χ2v) is 7.69. The van der Waals surface area contributed by atoms with Crippen molar-refractivity contribution in [3.63, 3.8) is 0 Å². The van der Waals surface area contributed by atoms with Crippen LogP contribution in [0.2, 0.25) is 0 Å². The molecule has 1 fully saturated rings. The minimum atomic E-state index is -0.532. The van der Waals surface area contributed by atoms with Crippen LogP contribution >= 0.6 is 0 Å². The van der Waals surface area contributed by atoms with Crippen LogP contribution in [0.4, 0.5) is 5.69 Å². The SMILES string of the molecule is CN(CC1CCCC1O)C(=O)c1ccccc1NC(=O)C(C)(C)C. The highest BCUT2D eigenvalue weighted by Crippen LogP contribution is 2.27. The number of anilines is 1. The number of nitrogens with zero attached hydrogens (tertiary/aromatic N) is 1. The van der Waals surface area contributed by atoms with Crippen molar-refractivity contribution in [3.05, 3.63) is 29.8 Å². The summed E-state index contributed by atoms with van der Waals surface area (Å²) in [6.07, 6.45) is 2.44. The largest absolute Gasteiger partial charge is 0.393 e. The number of nitrogens with one attached hydrogen (secondary N) is 1. The first-order chi connectivity index (χ1) is 11.2. The quantitative estimate of drug-likeness (QED) is 0.891. The third kappa shape index (κ3) is 4.35. The number of benzene rings is 1. The number of para-hydroxylation sites is 1. The summed E-state index contributed by atoms with van der Waals surface area (Å²) in [6.45, 7) is 6.03. The van der Waals surface area contributed by atoms with Crippen LogP contribution in [0.5, 0.6) is 0 Å². The van der Waals surface area contributed by atoms with E-state index in [0.29, 0.717) is 17.8 Å². The minimum Gasteiger partial charge on any atom is -0.393 e. The standard InChI is InChI=1S/C19H28N2O3/c1-19(2,3)18(24)20-15-10-6-5-9-14(15)17(23)21(4)12-13-8-7-11-16(13)22/h5-6,9-10,13,16,22H,7-8,11-12H2,1-4H3,(H,20,24). The first kappa shape index (κ1) is 18.5. The third-order valence-corrected chi connectivity index (χ3v) is 4.56. The summed E-state index contributed by atoms with van der Waals surface area (Å²) in [5, 5.41) is 12.8. The average Bonchev–Trinajstić information content (AvgIpc) is 2.91. The molecule has 0 radical (unpaired) electrons. The number of aliphatic hydroxyl groups excluding tert-OH is 1. The molecule has 2 N–H and O–H groups in total. The minimum absolute atomic E-state index is 0.128. The van der Waals surface area contributed by atoms with Crippen molar-refractivity contribution in [2.75, 3.05) is 18.9 Å². The molecule has 1 aliphatic carbocycles. The maximum absolute atomic E-state index is 12.8. The number of carbonyl (C=O) groups is 2. The molecule has 5 nitrogen and oxygen atoms in total. The zero-order valence-electron chi connectivity index (χ0n) is 15.0. The summed E-state index contributed by atoms with van der Waals surface area (Å²) in [5.41, 5.74) is 0.474. The van der Waals surface area contributed by atoms with Crippen molar-refractivity contribution < 1.29 is 14.7 Å². The second kappa shape index (κ2) is 7.34. The smallest absolute Gasteiger partial charge is 0.255 e. The van der Waals surface area contributed by atoms with Crippen LogP contribution in [0, 0.1) is 11.3 Å². The fourth-order valence-electron chi connectivity index (χ4n) is 2.96. The van der Waals surface area contributed by atoms with E-state index in [0.717, 1.165) is 19.3 Å². The van der Waals surface area contributed by atoms with Crippen molar-refractivity contribution in [2.24, 2.45) is 11.3 Å². The van der Waals surface area contributed by atoms with E-state index in [1.54, 1.807) is 36.2 Å². The van der Waals surface area contributed by atoms with E-state index in [9.17, 15) is 14.7 Å². The van der Waals surface area contributed by atoms with E-state index in [1.165, 1.54) is 0 Å². The van der Waals surface area contributed by atoms with Crippen molar-refractivity contribution >= 4 is 17.5 Å². The molecular weight excluding hydrogens is 304 g/mol. The Labute approximate surface area is 144 Å². The summed E-state index contributed by atoms with van der Waals surface area (Å²) >= 11 is 0. The lowest BCUT2D eigenvalue weighted by molar-refractivity contribution is -0.123. The normalized spacial score (nSPS) is 20.7. The second-order valence-electron chi connectivity index (χ2n) is 7.69. The first-order valence-electron chi connectivity index (χ1n) is 8.54. The first-order valence-corrected chi connectivity index (χ1v) is 8.54. The molecule has 2 rings (SSSR count). The zero-order valence-corrected chi connectivity index (χ0v) is 15.0. The molecule has 1 saturated carbocycles. The van der Waals surface area contributed by atoms with Gasteiger partial charge in [0.2, 0.25) is 5.91 Å². The maximum atomic E-state index is 12.8. The molecule has 0 aliphatic heterocycles. The van der Waals surface area contributed by atoms with Crippen LogP contribution in [0.25, 0.3) is 0 Å². The highest BCUT2D eigenvalue weighted by atomic mass is 16.3. The molecule has 0 heterocycles. The Hall–Kier alpha value is -1.88. The summed E-state index contributed by atoms with van der Waals surface area (Å²) in [7, 11) is 1.75. The van der Waals surface area contributed by atoms with Crippen LogP contribution in [-0.4, -0.2) is 41.5 Å². The van der Waals surface area contributed by atoms with Crippen LogP contribution in [0.15, 0.2) is 24.3 Å². The van der Waals surface area contributed by atoms with Gasteiger partial charge in [-0.2, -0.15) is 0 Å². The Morgan fingerprint density at radius 3 is 2.50 bits per heavy atom. The number of amides is 2. The molecule has 2 atom stereocenters. The van der Waals surface area contributed by atoms with Gasteiger partial charge in [0, 0.05) is 24.9 Å². The van der Waals surface area contributed by atoms with Gasteiger partial charge in [-0.25, -0.2) is 0 Å². The molecule has 132 valence electrons. The number of hydrogen-bond acceptors (Lipinski definition) is 3. The van der Waals surface area contributed by atoms with Crippen LogP contribution in [-0.2, 0) is 4.79 Å². The molecule has 2 amide bonds. The van der Waals surface area contributed by atoms with Crippen molar-refractivity contribution in [3.8, 4) is 0 Å². The molecule has 0 aromatic heterocycles. The van der Waals surface area contributed by atoms with E-state index < -0.39 is 5.41 Å². The Balaban J connectivity index is 2.13. The van der Waals surface area contributed by atoms with Gasteiger partial charge in [-0.3, -0.25) is 9.59 Å². The van der Waals surface area contributed by atoms with Gasteiger partial charge < -0.3 is 15.3 Å². The summed E-state index contributed by atoms with van der Waals surface area (Å²) in [5.74, 6) is -0.134. The summed E-state index contributed by atoms with van der Waals surface area (Å²) < 4.78 is 0. The predicted octanol–water partition coefficient (Wildman–Crippen LogP) is 2.90. The van der Waals surface area contributed by atoms with Crippen LogP contribution < -0.4 is 5.32 Å². The Kier molecular flexibility index (Phi) is 5.65. The van der Waals surface area contributed by atoms with E-state index in [1.807, 2.05) is 20.8 Å². The molecule has 24 heavy (non-hydrogen) atoms. The number of rotatable bonds is 4. The monoisotopic (exact) mass is 332 g/mol. The van der Waals surface area contributed by atoms with Crippen molar-refractivity contribution in [1.29, 1.82) is 0 Å². The number of aliphatic hydroxyl groups is 1. The van der Waals surface area contributed by atoms with Gasteiger partial charge in [0.25, 0.3) is 5.91 Å². The molecule has 0 bridgehead atoms. The van der Waals surface area contributed by atoms with Gasteiger partial charge >= 0.3 is 0 Å². The molecule has 1 aromatic rings. The summed E-state index contributed by atoms with van der Waals surface area (Å²) in [6, 6.07) is 7.06. The fourth-order valence-corrected chi connectivity index (χ4v) is 2.96. The topological polar surface area (TPSA) is 69.6 Å². The fraction of sp³-hybridized carbons (Fsp3) is 0.579. The molecule has 0 spiro atoms. The molecule has 0 saturated heterocycles. The van der Waals surface area contributed by atoms with Crippen LogP contribution in [0.3, 0.4) is 0 Å². The average molecular weight is 332 g/mol. The maximum Gasteiger partial charge on any atom is 0.255 e. The Morgan fingerprint density at radius 2 is 1.92 bits per heavy atom. The summed E-state index contributed by atoms with van der Waals surface area (Å²) in [4.78, 5) is 26.7. The number of hydrogen-bond donors (Lipinski definition) is 2. The third-order valence-electron chi connectivity index (χ3n) is 4.56. The van der Waals surface area contributed by atoms with Gasteiger partial charge in [-0.1, -0.05) is 39.3 Å². The highest BCUT2D eigenvalue weighted by molar-refractivity contribution is 6.04. The Morgan fingerprint density at radius 1 is 1.25 bits per heavy atom. The van der Waals surface area contributed by atoms with Gasteiger partial charge in [0.05, 0.1) is 17.4 Å². The van der Waals surface area contributed by atoms with E-state index in [2.05, 4.69) is 5.32 Å². The molecule has 1 aromatic carbocycles. The van der Waals surface area contributed by atoms with E-state index in [-0.39, 0.29) is 23.8 Å². The molecular formula is C19H28N2O3. The predicted molar refractivity (Wildman–Crippen MR) is 94.8 cm³/mol.